The van der Waals surface area contributed by atoms with E-state index in [2.05, 4.69) is 19.2 Å². The van der Waals surface area contributed by atoms with Gasteiger partial charge in [0.05, 0.1) is 19.3 Å². The Kier molecular flexibility index (Phi) is 22.0. The van der Waals surface area contributed by atoms with Crippen molar-refractivity contribution in [3.63, 3.8) is 0 Å². The van der Waals surface area contributed by atoms with Gasteiger partial charge in [-0.05, 0) is 12.3 Å². The molecule has 0 radical (unpaired) electrons. The molecule has 0 aliphatic heterocycles. The van der Waals surface area contributed by atoms with Crippen LogP contribution < -0.4 is 5.32 Å². The summed E-state index contributed by atoms with van der Waals surface area (Å²) in [6, 6.07) is 0. The molecule has 0 saturated heterocycles. The van der Waals surface area contributed by atoms with Crippen LogP contribution in [0.25, 0.3) is 0 Å². The smallest absolute Gasteiger partial charge is 0.0897 e. The summed E-state index contributed by atoms with van der Waals surface area (Å²) in [7, 11) is 0. The van der Waals surface area contributed by atoms with E-state index < -0.39 is 6.10 Å². The van der Waals surface area contributed by atoms with Crippen molar-refractivity contribution in [2.75, 3.05) is 32.9 Å². The van der Waals surface area contributed by atoms with Crippen LogP contribution in [0.4, 0.5) is 0 Å². The molecule has 0 spiro atoms. The van der Waals surface area contributed by atoms with E-state index in [1.807, 2.05) is 0 Å². The van der Waals surface area contributed by atoms with Gasteiger partial charge in [0.15, 0.2) is 0 Å². The highest BCUT2D eigenvalue weighted by atomic mass is 16.5. The van der Waals surface area contributed by atoms with Crippen molar-refractivity contribution in [2.45, 2.75) is 110 Å². The molecule has 0 amide bonds. The molecule has 0 aromatic rings. The van der Waals surface area contributed by atoms with Crippen LogP contribution in [0.2, 0.25) is 0 Å². The molecule has 164 valence electrons. The lowest BCUT2D eigenvalue weighted by atomic mass is 9.99. The summed E-state index contributed by atoms with van der Waals surface area (Å²) in [4.78, 5) is 0. The normalized spacial score (nSPS) is 13.8. The molecule has 0 heterocycles. The van der Waals surface area contributed by atoms with Gasteiger partial charge in [-0.2, -0.15) is 0 Å². The predicted octanol–water partition coefficient (Wildman–Crippen LogP) is 5.06. The number of unbranched alkanes of at least 4 members (excludes halogenated alkanes) is 11. The Morgan fingerprint density at radius 1 is 0.815 bits per heavy atom. The highest BCUT2D eigenvalue weighted by Gasteiger charge is 2.03. The third-order valence-electron chi connectivity index (χ3n) is 5.41. The largest absolute Gasteiger partial charge is 0.395 e. The van der Waals surface area contributed by atoms with E-state index in [1.165, 1.54) is 83.5 Å². The first-order valence-corrected chi connectivity index (χ1v) is 11.8. The second-order valence-electron chi connectivity index (χ2n) is 8.20. The van der Waals surface area contributed by atoms with E-state index in [-0.39, 0.29) is 6.61 Å². The zero-order valence-corrected chi connectivity index (χ0v) is 18.4. The Hall–Kier alpha value is -0.160. The molecule has 0 aliphatic rings. The van der Waals surface area contributed by atoms with Gasteiger partial charge >= 0.3 is 0 Å². The number of hydrogen-bond acceptors (Lipinski definition) is 4. The van der Waals surface area contributed by atoms with E-state index in [4.69, 9.17) is 9.84 Å². The number of rotatable bonds is 22. The zero-order valence-electron chi connectivity index (χ0n) is 18.4. The fourth-order valence-corrected chi connectivity index (χ4v) is 3.29. The van der Waals surface area contributed by atoms with Crippen LogP contribution in [0, 0.1) is 5.92 Å². The van der Waals surface area contributed by atoms with Gasteiger partial charge in [-0.15, -0.1) is 0 Å². The minimum Gasteiger partial charge on any atom is -0.395 e. The summed E-state index contributed by atoms with van der Waals surface area (Å²) in [6.45, 7) is 6.91. The lowest BCUT2D eigenvalue weighted by Gasteiger charge is -2.11. The summed E-state index contributed by atoms with van der Waals surface area (Å²) < 4.78 is 5.49. The summed E-state index contributed by atoms with van der Waals surface area (Å²) in [5.74, 6) is 0.919. The standard InChI is InChI=1S/C23H49NO3/c1-3-22(2)16-14-12-10-8-6-4-5-7-9-11-13-15-19-27-21-23(26)20-24-17-18-25/h22-26H,3-21H2,1-2H3. The van der Waals surface area contributed by atoms with Crippen LogP contribution in [0.3, 0.4) is 0 Å². The second-order valence-corrected chi connectivity index (χ2v) is 8.20. The zero-order chi connectivity index (χ0) is 20.0. The molecule has 0 bridgehead atoms. The maximum absolute atomic E-state index is 9.64. The number of nitrogens with one attached hydrogen (secondary N) is 1. The molecule has 0 fully saturated rings. The van der Waals surface area contributed by atoms with Gasteiger partial charge in [-0.1, -0.05) is 97.3 Å². The first-order valence-electron chi connectivity index (χ1n) is 11.8. The van der Waals surface area contributed by atoms with Crippen molar-refractivity contribution in [2.24, 2.45) is 5.92 Å². The van der Waals surface area contributed by atoms with Gasteiger partial charge < -0.3 is 20.3 Å². The van der Waals surface area contributed by atoms with Crippen molar-refractivity contribution < 1.29 is 14.9 Å². The number of ether oxygens (including phenoxy) is 1. The molecule has 0 saturated carbocycles. The van der Waals surface area contributed by atoms with Gasteiger partial charge in [0.25, 0.3) is 0 Å². The molecular formula is C23H49NO3. The minimum atomic E-state index is -0.476. The quantitative estimate of drug-likeness (QED) is 0.227. The van der Waals surface area contributed by atoms with Crippen LogP contribution in [-0.4, -0.2) is 49.2 Å². The maximum atomic E-state index is 9.64. The van der Waals surface area contributed by atoms with E-state index >= 15 is 0 Å². The number of aliphatic hydroxyl groups excluding tert-OH is 2. The Morgan fingerprint density at radius 3 is 1.85 bits per heavy atom. The molecule has 4 heteroatoms. The first kappa shape index (κ1) is 26.8. The number of hydrogen-bond donors (Lipinski definition) is 3. The van der Waals surface area contributed by atoms with Gasteiger partial charge in [-0.3, -0.25) is 0 Å². The molecule has 4 nitrogen and oxygen atoms in total. The van der Waals surface area contributed by atoms with E-state index in [1.54, 1.807) is 0 Å². The predicted molar refractivity (Wildman–Crippen MR) is 116 cm³/mol. The van der Waals surface area contributed by atoms with Gasteiger partial charge in [0.1, 0.15) is 0 Å². The highest BCUT2D eigenvalue weighted by molar-refractivity contribution is 4.58. The fraction of sp³-hybridized carbons (Fsp3) is 1.00. The van der Waals surface area contributed by atoms with Crippen LogP contribution in [0.15, 0.2) is 0 Å². The van der Waals surface area contributed by atoms with E-state index in [0.717, 1.165) is 18.9 Å². The van der Waals surface area contributed by atoms with E-state index in [9.17, 15) is 5.11 Å². The molecule has 0 rings (SSSR count). The highest BCUT2D eigenvalue weighted by Crippen LogP contribution is 2.15. The molecule has 3 N–H and O–H groups in total. The summed E-state index contributed by atoms with van der Waals surface area (Å²) >= 11 is 0. The topological polar surface area (TPSA) is 61.7 Å². The monoisotopic (exact) mass is 387 g/mol. The van der Waals surface area contributed by atoms with E-state index in [0.29, 0.717) is 19.7 Å². The maximum Gasteiger partial charge on any atom is 0.0897 e. The molecule has 2 unspecified atom stereocenters. The summed E-state index contributed by atoms with van der Waals surface area (Å²) in [6.07, 6.45) is 18.6. The third-order valence-corrected chi connectivity index (χ3v) is 5.41. The summed E-state index contributed by atoms with van der Waals surface area (Å²) in [5.41, 5.74) is 0. The van der Waals surface area contributed by atoms with Crippen LogP contribution >= 0.6 is 0 Å². The molecule has 0 aromatic heterocycles. The van der Waals surface area contributed by atoms with Gasteiger partial charge in [0.2, 0.25) is 0 Å². The van der Waals surface area contributed by atoms with Crippen molar-refractivity contribution >= 4 is 0 Å². The SMILES string of the molecule is CCC(C)CCCCCCCCCCCCCCOCC(O)CNCCO. The first-order chi connectivity index (χ1) is 13.2. The lowest BCUT2D eigenvalue weighted by molar-refractivity contribution is 0.0350. The number of aliphatic hydroxyl groups is 2. The second kappa shape index (κ2) is 22.1. The van der Waals surface area contributed by atoms with Crippen molar-refractivity contribution in [1.29, 1.82) is 0 Å². The molecule has 2 atom stereocenters. The van der Waals surface area contributed by atoms with Crippen molar-refractivity contribution in [3.05, 3.63) is 0 Å². The summed E-state index contributed by atoms with van der Waals surface area (Å²) in [5, 5.41) is 21.2. The van der Waals surface area contributed by atoms with Crippen molar-refractivity contribution in [1.82, 2.24) is 5.32 Å². The Bertz CT molecular complexity index is 276. The minimum absolute atomic E-state index is 0.103. The Morgan fingerprint density at radius 2 is 1.33 bits per heavy atom. The fourth-order valence-electron chi connectivity index (χ4n) is 3.29. The van der Waals surface area contributed by atoms with Crippen LogP contribution in [-0.2, 0) is 4.74 Å². The molecule has 0 aliphatic carbocycles. The Labute approximate surface area is 169 Å². The van der Waals surface area contributed by atoms with Crippen LogP contribution in [0.5, 0.6) is 0 Å². The molecule has 0 aromatic carbocycles. The van der Waals surface area contributed by atoms with Gasteiger partial charge in [0, 0.05) is 19.7 Å². The third kappa shape index (κ3) is 22.0. The van der Waals surface area contributed by atoms with Gasteiger partial charge in [-0.25, -0.2) is 0 Å². The molecular weight excluding hydrogens is 338 g/mol. The average molecular weight is 388 g/mol. The van der Waals surface area contributed by atoms with Crippen LogP contribution in [0.1, 0.15) is 104 Å². The molecule has 27 heavy (non-hydrogen) atoms. The average Bonchev–Trinajstić information content (AvgIpc) is 2.67. The Balaban J connectivity index is 3.09. The lowest BCUT2D eigenvalue weighted by Crippen LogP contribution is -2.32. The van der Waals surface area contributed by atoms with Crippen molar-refractivity contribution in [3.8, 4) is 0 Å².